The van der Waals surface area contributed by atoms with Gasteiger partial charge in [-0.1, -0.05) is 12.1 Å². The number of rotatable bonds is 6. The van der Waals surface area contributed by atoms with Gasteiger partial charge in [-0.15, -0.1) is 11.6 Å². The van der Waals surface area contributed by atoms with E-state index in [0.717, 1.165) is 5.56 Å². The third-order valence-electron chi connectivity index (χ3n) is 1.91. The average molecular weight is 264 g/mol. The fraction of sp³-hybridized carbons (Fsp3) is 0.400. The number of nitrogens with one attached hydrogen (secondary N) is 1. The molecule has 0 unspecified atom stereocenters. The van der Waals surface area contributed by atoms with Gasteiger partial charge in [0.1, 0.15) is 0 Å². The second-order valence-electron chi connectivity index (χ2n) is 3.25. The van der Waals surface area contributed by atoms with Gasteiger partial charge < -0.3 is 4.74 Å². The molecule has 0 bridgehead atoms. The molecular formula is C10H14ClNO3S. The number of hydrogen-bond donors (Lipinski definition) is 1. The quantitative estimate of drug-likeness (QED) is 0.797. The monoisotopic (exact) mass is 263 g/mol. The predicted octanol–water partition coefficient (Wildman–Crippen LogP) is 1.81. The van der Waals surface area contributed by atoms with Gasteiger partial charge in [-0.3, -0.25) is 4.72 Å². The van der Waals surface area contributed by atoms with Crippen molar-refractivity contribution in [1.29, 1.82) is 0 Å². The van der Waals surface area contributed by atoms with Crippen LogP contribution in [-0.4, -0.2) is 27.9 Å². The Balaban J connectivity index is 2.72. The van der Waals surface area contributed by atoms with Crippen molar-refractivity contribution < 1.29 is 13.2 Å². The number of hydrogen-bond acceptors (Lipinski definition) is 3. The van der Waals surface area contributed by atoms with Crippen molar-refractivity contribution in [3.63, 3.8) is 0 Å². The number of benzene rings is 1. The van der Waals surface area contributed by atoms with E-state index in [9.17, 15) is 8.42 Å². The van der Waals surface area contributed by atoms with Crippen LogP contribution < -0.4 is 4.72 Å². The van der Waals surface area contributed by atoms with Crippen LogP contribution >= 0.6 is 11.6 Å². The summed E-state index contributed by atoms with van der Waals surface area (Å²) >= 11 is 5.66. The standard InChI is InChI=1S/C10H14ClNO3S/c1-15-5-6-16(13,14)12-10-4-2-3-9(7-10)8-11/h2-4,7,12H,5-6,8H2,1H3. The van der Waals surface area contributed by atoms with E-state index in [1.807, 2.05) is 6.07 Å². The SMILES string of the molecule is COCCS(=O)(=O)Nc1cccc(CCl)c1. The van der Waals surface area contributed by atoms with Gasteiger partial charge in [0.2, 0.25) is 10.0 Å². The molecule has 0 fully saturated rings. The van der Waals surface area contributed by atoms with E-state index in [2.05, 4.69) is 4.72 Å². The van der Waals surface area contributed by atoms with Gasteiger partial charge in [-0.05, 0) is 17.7 Å². The Morgan fingerprint density at radius 2 is 2.19 bits per heavy atom. The normalized spacial score (nSPS) is 11.4. The van der Waals surface area contributed by atoms with Gasteiger partial charge in [0, 0.05) is 18.7 Å². The first-order valence-electron chi connectivity index (χ1n) is 4.72. The summed E-state index contributed by atoms with van der Waals surface area (Å²) in [5.74, 6) is 0.294. The molecule has 1 aromatic carbocycles. The van der Waals surface area contributed by atoms with Crippen LogP contribution in [0.5, 0.6) is 0 Å². The zero-order valence-corrected chi connectivity index (χ0v) is 10.5. The lowest BCUT2D eigenvalue weighted by Crippen LogP contribution is -2.19. The summed E-state index contributed by atoms with van der Waals surface area (Å²) < 4.78 is 30.3. The van der Waals surface area contributed by atoms with Gasteiger partial charge in [0.25, 0.3) is 0 Å². The smallest absolute Gasteiger partial charge is 0.234 e. The molecule has 0 saturated heterocycles. The molecule has 0 atom stereocenters. The number of alkyl halides is 1. The van der Waals surface area contributed by atoms with E-state index in [1.165, 1.54) is 7.11 Å². The number of halogens is 1. The van der Waals surface area contributed by atoms with Crippen molar-refractivity contribution in [2.24, 2.45) is 0 Å². The summed E-state index contributed by atoms with van der Waals surface area (Å²) in [5.41, 5.74) is 1.39. The van der Waals surface area contributed by atoms with Crippen LogP contribution in [0.25, 0.3) is 0 Å². The molecular weight excluding hydrogens is 250 g/mol. The van der Waals surface area contributed by atoms with Crippen molar-refractivity contribution in [1.82, 2.24) is 0 Å². The molecule has 1 N–H and O–H groups in total. The van der Waals surface area contributed by atoms with Crippen molar-refractivity contribution in [3.8, 4) is 0 Å². The van der Waals surface area contributed by atoms with E-state index >= 15 is 0 Å². The van der Waals surface area contributed by atoms with Gasteiger partial charge in [0.05, 0.1) is 12.4 Å². The van der Waals surface area contributed by atoms with E-state index in [1.54, 1.807) is 18.2 Å². The van der Waals surface area contributed by atoms with Crippen molar-refractivity contribution >= 4 is 27.3 Å². The van der Waals surface area contributed by atoms with Crippen LogP contribution in [-0.2, 0) is 20.6 Å². The van der Waals surface area contributed by atoms with Crippen LogP contribution in [0.2, 0.25) is 0 Å². The molecule has 6 heteroatoms. The first kappa shape index (κ1) is 13.3. The molecule has 0 aromatic heterocycles. The zero-order valence-electron chi connectivity index (χ0n) is 8.94. The molecule has 0 aliphatic carbocycles. The zero-order chi connectivity index (χ0) is 12.0. The minimum Gasteiger partial charge on any atom is -0.384 e. The van der Waals surface area contributed by atoms with Gasteiger partial charge in [-0.25, -0.2) is 8.42 Å². The number of anilines is 1. The molecule has 4 nitrogen and oxygen atoms in total. The highest BCUT2D eigenvalue weighted by Gasteiger charge is 2.09. The van der Waals surface area contributed by atoms with Crippen molar-refractivity contribution in [3.05, 3.63) is 29.8 Å². The maximum Gasteiger partial charge on any atom is 0.234 e. The first-order valence-corrected chi connectivity index (χ1v) is 6.90. The number of methoxy groups -OCH3 is 1. The highest BCUT2D eigenvalue weighted by Crippen LogP contribution is 2.13. The number of ether oxygens (including phenoxy) is 1. The van der Waals surface area contributed by atoms with E-state index in [-0.39, 0.29) is 12.4 Å². The molecule has 0 spiro atoms. The van der Waals surface area contributed by atoms with Gasteiger partial charge in [-0.2, -0.15) is 0 Å². The van der Waals surface area contributed by atoms with Crippen LogP contribution in [0.1, 0.15) is 5.56 Å². The molecule has 0 heterocycles. The molecule has 1 aromatic rings. The van der Waals surface area contributed by atoms with Crippen molar-refractivity contribution in [2.75, 3.05) is 24.2 Å². The lowest BCUT2D eigenvalue weighted by Gasteiger charge is -2.08. The van der Waals surface area contributed by atoms with Gasteiger partial charge >= 0.3 is 0 Å². The molecule has 0 radical (unpaired) electrons. The minimum absolute atomic E-state index is 0.0609. The van der Waals surface area contributed by atoms with Crippen LogP contribution in [0.3, 0.4) is 0 Å². The first-order chi connectivity index (χ1) is 7.57. The molecule has 0 amide bonds. The maximum atomic E-state index is 11.5. The predicted molar refractivity (Wildman–Crippen MR) is 65.3 cm³/mol. The summed E-state index contributed by atoms with van der Waals surface area (Å²) in [7, 11) is -1.88. The summed E-state index contributed by atoms with van der Waals surface area (Å²) in [4.78, 5) is 0. The summed E-state index contributed by atoms with van der Waals surface area (Å²) in [6.45, 7) is 0.171. The van der Waals surface area contributed by atoms with E-state index in [4.69, 9.17) is 16.3 Å². The lowest BCUT2D eigenvalue weighted by molar-refractivity contribution is 0.217. The molecule has 0 aliphatic heterocycles. The Morgan fingerprint density at radius 3 is 2.81 bits per heavy atom. The Kier molecular flexibility index (Phi) is 5.05. The molecule has 90 valence electrons. The minimum atomic E-state index is -3.34. The lowest BCUT2D eigenvalue weighted by atomic mass is 10.2. The molecule has 0 saturated carbocycles. The Labute approximate surface area is 101 Å². The third kappa shape index (κ3) is 4.38. The van der Waals surface area contributed by atoms with E-state index in [0.29, 0.717) is 11.6 Å². The highest BCUT2D eigenvalue weighted by atomic mass is 35.5. The number of sulfonamides is 1. The largest absolute Gasteiger partial charge is 0.384 e. The topological polar surface area (TPSA) is 55.4 Å². The summed E-state index contributed by atoms with van der Waals surface area (Å²) in [6.07, 6.45) is 0. The molecule has 16 heavy (non-hydrogen) atoms. The second kappa shape index (κ2) is 6.08. The van der Waals surface area contributed by atoms with Crippen molar-refractivity contribution in [2.45, 2.75) is 5.88 Å². The Morgan fingerprint density at radius 1 is 1.44 bits per heavy atom. The molecule has 1 rings (SSSR count). The fourth-order valence-corrected chi connectivity index (χ4v) is 2.28. The maximum absolute atomic E-state index is 11.5. The van der Waals surface area contributed by atoms with E-state index < -0.39 is 10.0 Å². The van der Waals surface area contributed by atoms with Gasteiger partial charge in [0.15, 0.2) is 0 Å². The summed E-state index contributed by atoms with van der Waals surface area (Å²) in [6, 6.07) is 6.98. The van der Waals surface area contributed by atoms with Crippen LogP contribution in [0.4, 0.5) is 5.69 Å². The third-order valence-corrected chi connectivity index (χ3v) is 3.47. The molecule has 0 aliphatic rings. The Bertz CT molecular complexity index is 433. The van der Waals surface area contributed by atoms with Crippen LogP contribution in [0, 0.1) is 0 Å². The van der Waals surface area contributed by atoms with Crippen LogP contribution in [0.15, 0.2) is 24.3 Å². The fourth-order valence-electron chi connectivity index (χ4n) is 1.14. The highest BCUT2D eigenvalue weighted by molar-refractivity contribution is 7.92. The second-order valence-corrected chi connectivity index (χ2v) is 5.36. The average Bonchev–Trinajstić information content (AvgIpc) is 2.26. The summed E-state index contributed by atoms with van der Waals surface area (Å²) in [5, 5.41) is 0. The Hall–Kier alpha value is -0.780.